The molecule has 2 fully saturated rings. The minimum absolute atomic E-state index is 0.0275. The van der Waals surface area contributed by atoms with Gasteiger partial charge in [0, 0.05) is 44.0 Å². The van der Waals surface area contributed by atoms with E-state index in [2.05, 4.69) is 4.90 Å². The van der Waals surface area contributed by atoms with E-state index >= 15 is 0 Å². The Kier molecular flexibility index (Phi) is 7.49. The van der Waals surface area contributed by atoms with Crippen molar-refractivity contribution in [2.45, 2.75) is 18.9 Å². The fraction of sp³-hybridized carbons (Fsp3) is 0.333. The molecule has 0 saturated carbocycles. The molecule has 8 heteroatoms. The van der Waals surface area contributed by atoms with E-state index in [1.54, 1.807) is 43.4 Å². The van der Waals surface area contributed by atoms with Crippen LogP contribution in [-0.2, 0) is 9.59 Å². The summed E-state index contributed by atoms with van der Waals surface area (Å²) in [6.07, 6.45) is 0.719. The number of piperidine rings is 1. The van der Waals surface area contributed by atoms with Gasteiger partial charge in [-0.3, -0.25) is 9.59 Å². The molecule has 198 valence electrons. The number of ether oxygens (including phenoxy) is 2. The molecule has 0 bridgehead atoms. The molecule has 2 heterocycles. The Morgan fingerprint density at radius 1 is 0.789 bits per heavy atom. The van der Waals surface area contributed by atoms with Crippen LogP contribution in [0.5, 0.6) is 11.5 Å². The van der Waals surface area contributed by atoms with Crippen LogP contribution in [0.4, 0.5) is 15.8 Å². The van der Waals surface area contributed by atoms with Gasteiger partial charge in [-0.05, 0) is 72.6 Å². The van der Waals surface area contributed by atoms with E-state index in [1.165, 1.54) is 12.1 Å². The molecule has 0 unspecified atom stereocenters. The number of rotatable bonds is 6. The maximum Gasteiger partial charge on any atom is 0.228 e. The molecule has 0 N–H and O–H groups in total. The molecule has 2 aliphatic heterocycles. The fourth-order valence-electron chi connectivity index (χ4n) is 5.45. The lowest BCUT2D eigenvalue weighted by atomic mass is 9.82. The average Bonchev–Trinajstić information content (AvgIpc) is 2.97. The van der Waals surface area contributed by atoms with Crippen LogP contribution in [0.25, 0.3) is 0 Å². The van der Waals surface area contributed by atoms with Gasteiger partial charge in [0.25, 0.3) is 0 Å². The van der Waals surface area contributed by atoms with Gasteiger partial charge < -0.3 is 24.2 Å². The summed E-state index contributed by atoms with van der Waals surface area (Å²) in [6, 6.07) is 20.8. The Labute approximate surface area is 222 Å². The molecule has 0 aromatic heterocycles. The van der Waals surface area contributed by atoms with Gasteiger partial charge in [-0.1, -0.05) is 12.1 Å². The van der Waals surface area contributed by atoms with E-state index in [1.807, 2.05) is 41.3 Å². The second-order valence-electron chi connectivity index (χ2n) is 9.61. The topological polar surface area (TPSA) is 62.3 Å². The Hall–Kier alpha value is -4.07. The number of hydrogen-bond acceptors (Lipinski definition) is 5. The third-order valence-corrected chi connectivity index (χ3v) is 7.51. The molecule has 0 spiro atoms. The van der Waals surface area contributed by atoms with Crippen molar-refractivity contribution in [3.8, 4) is 11.5 Å². The smallest absolute Gasteiger partial charge is 0.228 e. The van der Waals surface area contributed by atoms with Gasteiger partial charge >= 0.3 is 0 Å². The predicted molar refractivity (Wildman–Crippen MR) is 144 cm³/mol. The standard InChI is InChI=1S/C30H32FN3O4/c1-37-25-11-7-23(8-12-25)32-17-19-33(20-18-32)30(36)27-15-16-28(35)34(24-9-13-26(38-2)14-10-24)29(27)21-3-5-22(31)6-4-21/h3-14,27,29H,15-20H2,1-2H3/t27-,29-/m0/s1. The van der Waals surface area contributed by atoms with Crippen molar-refractivity contribution in [3.63, 3.8) is 0 Å². The third-order valence-electron chi connectivity index (χ3n) is 7.51. The molecule has 2 amide bonds. The largest absolute Gasteiger partial charge is 0.497 e. The second kappa shape index (κ2) is 11.1. The first-order chi connectivity index (χ1) is 18.5. The molecule has 3 aromatic carbocycles. The number of nitrogens with zero attached hydrogens (tertiary/aromatic N) is 3. The van der Waals surface area contributed by atoms with E-state index in [9.17, 15) is 14.0 Å². The summed E-state index contributed by atoms with van der Waals surface area (Å²) in [5.74, 6) is 0.663. The Morgan fingerprint density at radius 3 is 1.89 bits per heavy atom. The molecule has 7 nitrogen and oxygen atoms in total. The monoisotopic (exact) mass is 517 g/mol. The maximum absolute atomic E-state index is 14.0. The number of benzene rings is 3. The Balaban J connectivity index is 1.39. The molecular weight excluding hydrogens is 485 g/mol. The molecule has 5 rings (SSSR count). The summed E-state index contributed by atoms with van der Waals surface area (Å²) in [5.41, 5.74) is 2.52. The van der Waals surface area contributed by atoms with Crippen LogP contribution in [0.15, 0.2) is 72.8 Å². The van der Waals surface area contributed by atoms with Crippen LogP contribution in [0.1, 0.15) is 24.4 Å². The van der Waals surface area contributed by atoms with Crippen LogP contribution in [0.3, 0.4) is 0 Å². The summed E-state index contributed by atoms with van der Waals surface area (Å²) in [5, 5.41) is 0. The van der Waals surface area contributed by atoms with E-state index in [4.69, 9.17) is 9.47 Å². The molecule has 2 atom stereocenters. The summed E-state index contributed by atoms with van der Waals surface area (Å²) >= 11 is 0. The minimum atomic E-state index is -0.530. The van der Waals surface area contributed by atoms with Crippen molar-refractivity contribution in [1.29, 1.82) is 0 Å². The number of amides is 2. The van der Waals surface area contributed by atoms with E-state index in [-0.39, 0.29) is 24.1 Å². The molecule has 0 aliphatic carbocycles. The Morgan fingerprint density at radius 2 is 1.34 bits per heavy atom. The van der Waals surface area contributed by atoms with Crippen molar-refractivity contribution in [1.82, 2.24) is 4.90 Å². The first-order valence-corrected chi connectivity index (χ1v) is 12.9. The zero-order valence-electron chi connectivity index (χ0n) is 21.7. The van der Waals surface area contributed by atoms with Crippen LogP contribution in [0, 0.1) is 11.7 Å². The normalized spacial score (nSPS) is 19.9. The zero-order valence-corrected chi connectivity index (χ0v) is 21.7. The predicted octanol–water partition coefficient (Wildman–Crippen LogP) is 4.68. The summed E-state index contributed by atoms with van der Waals surface area (Å²) in [7, 11) is 3.23. The van der Waals surface area contributed by atoms with Crippen molar-refractivity contribution in [2.24, 2.45) is 5.92 Å². The summed E-state index contributed by atoms with van der Waals surface area (Å²) < 4.78 is 24.4. The van der Waals surface area contributed by atoms with Crippen LogP contribution >= 0.6 is 0 Å². The molecule has 38 heavy (non-hydrogen) atoms. The third kappa shape index (κ3) is 5.16. The number of piperazine rings is 1. The number of halogens is 1. The quantitative estimate of drug-likeness (QED) is 0.475. The number of hydrogen-bond donors (Lipinski definition) is 0. The number of carbonyl (C=O) groups excluding carboxylic acids is 2. The average molecular weight is 518 g/mol. The highest BCUT2D eigenvalue weighted by atomic mass is 19.1. The summed E-state index contributed by atoms with van der Waals surface area (Å²) in [6.45, 7) is 2.61. The zero-order chi connectivity index (χ0) is 26.6. The van der Waals surface area contributed by atoms with E-state index in [0.29, 0.717) is 44.0 Å². The Bertz CT molecular complexity index is 1260. The van der Waals surface area contributed by atoms with Crippen molar-refractivity contribution < 1.29 is 23.5 Å². The summed E-state index contributed by atoms with van der Waals surface area (Å²) in [4.78, 5) is 33.1. The van der Waals surface area contributed by atoms with Crippen molar-refractivity contribution >= 4 is 23.2 Å². The molecule has 2 aliphatic rings. The van der Waals surface area contributed by atoms with Crippen molar-refractivity contribution in [3.05, 3.63) is 84.2 Å². The first-order valence-electron chi connectivity index (χ1n) is 12.9. The molecule has 2 saturated heterocycles. The van der Waals surface area contributed by atoms with E-state index < -0.39 is 12.0 Å². The lowest BCUT2D eigenvalue weighted by Gasteiger charge is -2.44. The molecule has 3 aromatic rings. The second-order valence-corrected chi connectivity index (χ2v) is 9.61. The van der Waals surface area contributed by atoms with Gasteiger partial charge in [-0.2, -0.15) is 0 Å². The maximum atomic E-state index is 14.0. The number of anilines is 2. The molecule has 0 radical (unpaired) electrons. The van der Waals surface area contributed by atoms with Gasteiger partial charge in [-0.15, -0.1) is 0 Å². The lowest BCUT2D eigenvalue weighted by molar-refractivity contribution is -0.138. The van der Waals surface area contributed by atoms with Gasteiger partial charge in [0.15, 0.2) is 0 Å². The lowest BCUT2D eigenvalue weighted by Crippen LogP contribution is -2.54. The molecular formula is C30H32FN3O4. The van der Waals surface area contributed by atoms with Gasteiger partial charge in [0.05, 0.1) is 26.2 Å². The minimum Gasteiger partial charge on any atom is -0.497 e. The highest BCUT2D eigenvalue weighted by molar-refractivity contribution is 5.97. The van der Waals surface area contributed by atoms with Crippen LogP contribution in [-0.4, -0.2) is 57.1 Å². The van der Waals surface area contributed by atoms with Gasteiger partial charge in [-0.25, -0.2) is 4.39 Å². The van der Waals surface area contributed by atoms with Crippen LogP contribution < -0.4 is 19.3 Å². The van der Waals surface area contributed by atoms with Crippen LogP contribution in [0.2, 0.25) is 0 Å². The number of carbonyl (C=O) groups is 2. The van der Waals surface area contributed by atoms with E-state index in [0.717, 1.165) is 17.0 Å². The van der Waals surface area contributed by atoms with Gasteiger partial charge in [0.1, 0.15) is 17.3 Å². The van der Waals surface area contributed by atoms with Crippen molar-refractivity contribution in [2.75, 3.05) is 50.2 Å². The fourth-order valence-corrected chi connectivity index (χ4v) is 5.45. The SMILES string of the molecule is COc1ccc(N2CCN(C(=O)[C@H]3CCC(=O)N(c4ccc(OC)cc4)[C@H]3c3ccc(F)cc3)CC2)cc1. The number of methoxy groups -OCH3 is 2. The highest BCUT2D eigenvalue weighted by Gasteiger charge is 2.43. The van der Waals surface area contributed by atoms with Gasteiger partial charge in [0.2, 0.25) is 11.8 Å². The first kappa shape index (κ1) is 25.6. The highest BCUT2D eigenvalue weighted by Crippen LogP contribution is 2.41.